The van der Waals surface area contributed by atoms with Crippen LogP contribution in [0.5, 0.6) is 0 Å². The first-order chi connectivity index (χ1) is 13.7. The van der Waals surface area contributed by atoms with Crippen molar-refractivity contribution in [3.63, 3.8) is 0 Å². The lowest BCUT2D eigenvalue weighted by Crippen LogP contribution is -2.21. The summed E-state index contributed by atoms with van der Waals surface area (Å²) in [6, 6.07) is 3.38. The lowest BCUT2D eigenvalue weighted by molar-refractivity contribution is 0.382. The second-order valence-corrected chi connectivity index (χ2v) is 9.66. The van der Waals surface area contributed by atoms with Crippen molar-refractivity contribution in [3.05, 3.63) is 57.9 Å². The minimum Gasteiger partial charge on any atom is -0.274 e. The predicted octanol–water partition coefficient (Wildman–Crippen LogP) is 6.55. The number of hydrogen-bond donors (Lipinski definition) is 1. The average Bonchev–Trinajstić information content (AvgIpc) is 2.66. The third-order valence-corrected chi connectivity index (χ3v) is 6.28. The van der Waals surface area contributed by atoms with Crippen molar-refractivity contribution < 1.29 is 30.4 Å². The molecule has 0 atom stereocenters. The number of sulfonamides is 1. The zero-order chi connectivity index (χ0) is 23.1. The number of benzene rings is 2. The molecule has 9 heteroatoms. The zero-order valence-corrected chi connectivity index (χ0v) is 18.3. The third kappa shape index (κ3) is 4.31. The minimum atomic E-state index is -4.68. The van der Waals surface area contributed by atoms with Crippen LogP contribution in [0.1, 0.15) is 76.0 Å². The van der Waals surface area contributed by atoms with Gasteiger partial charge in [0.15, 0.2) is 23.3 Å². The lowest BCUT2D eigenvalue weighted by Gasteiger charge is -2.23. The summed E-state index contributed by atoms with van der Waals surface area (Å²) in [6.45, 7) is 10.9. The van der Waals surface area contributed by atoms with Crippen molar-refractivity contribution in [2.24, 2.45) is 0 Å². The maximum absolute atomic E-state index is 14.1. The summed E-state index contributed by atoms with van der Waals surface area (Å²) >= 11 is 0. The first-order valence-electron chi connectivity index (χ1n) is 9.42. The van der Waals surface area contributed by atoms with Gasteiger partial charge in [-0.1, -0.05) is 53.7 Å². The van der Waals surface area contributed by atoms with Crippen LogP contribution in [-0.2, 0) is 10.0 Å². The lowest BCUT2D eigenvalue weighted by atomic mass is 9.89. The number of anilines is 1. The molecule has 0 aliphatic heterocycles. The minimum absolute atomic E-state index is 0.0832. The summed E-state index contributed by atoms with van der Waals surface area (Å²) < 4.78 is 96.5. The average molecular weight is 449 g/mol. The molecule has 3 nitrogen and oxygen atoms in total. The van der Waals surface area contributed by atoms with Crippen LogP contribution in [0.4, 0.5) is 27.6 Å². The highest BCUT2D eigenvalue weighted by atomic mass is 32.2. The molecular formula is C21H24F5NO2S. The number of rotatable bonds is 6. The maximum atomic E-state index is 14.1. The molecule has 0 aromatic heterocycles. The van der Waals surface area contributed by atoms with Crippen molar-refractivity contribution in [1.29, 1.82) is 0 Å². The number of halogens is 5. The fourth-order valence-corrected chi connectivity index (χ4v) is 4.84. The summed E-state index contributed by atoms with van der Waals surface area (Å²) in [4.78, 5) is -0.221. The first-order valence-corrected chi connectivity index (χ1v) is 10.9. The van der Waals surface area contributed by atoms with Gasteiger partial charge in [-0.15, -0.1) is 0 Å². The Morgan fingerprint density at radius 3 is 1.37 bits per heavy atom. The summed E-state index contributed by atoms with van der Waals surface area (Å²) in [7, 11) is -4.68. The van der Waals surface area contributed by atoms with Crippen molar-refractivity contribution in [2.45, 2.75) is 64.2 Å². The molecule has 2 rings (SSSR count). The highest BCUT2D eigenvalue weighted by Crippen LogP contribution is 2.37. The quantitative estimate of drug-likeness (QED) is 0.309. The Morgan fingerprint density at radius 2 is 1.03 bits per heavy atom. The Morgan fingerprint density at radius 1 is 0.667 bits per heavy atom. The summed E-state index contributed by atoms with van der Waals surface area (Å²) in [5, 5.41) is 0. The molecule has 0 amide bonds. The van der Waals surface area contributed by atoms with Crippen LogP contribution in [0, 0.1) is 29.1 Å². The summed E-state index contributed by atoms with van der Waals surface area (Å²) in [5.41, 5.74) is 0.0453. The zero-order valence-electron chi connectivity index (χ0n) is 17.5. The molecule has 0 fully saturated rings. The van der Waals surface area contributed by atoms with E-state index in [1.807, 2.05) is 13.8 Å². The van der Waals surface area contributed by atoms with Crippen molar-refractivity contribution >= 4 is 15.7 Å². The van der Waals surface area contributed by atoms with Gasteiger partial charge >= 0.3 is 0 Å². The van der Waals surface area contributed by atoms with Crippen LogP contribution in [0.25, 0.3) is 0 Å². The van der Waals surface area contributed by atoms with Crippen molar-refractivity contribution in [1.82, 2.24) is 0 Å². The highest BCUT2D eigenvalue weighted by molar-refractivity contribution is 7.92. The molecule has 30 heavy (non-hydrogen) atoms. The molecule has 0 bridgehead atoms. The normalized spacial score (nSPS) is 12.3. The molecule has 0 spiro atoms. The van der Waals surface area contributed by atoms with Gasteiger partial charge in [0.2, 0.25) is 5.82 Å². The molecule has 0 unspecified atom stereocenters. The second-order valence-electron chi connectivity index (χ2n) is 8.04. The van der Waals surface area contributed by atoms with E-state index in [1.165, 1.54) is 0 Å². The van der Waals surface area contributed by atoms with E-state index in [2.05, 4.69) is 0 Å². The second kappa shape index (κ2) is 8.53. The van der Waals surface area contributed by atoms with Gasteiger partial charge in [-0.3, -0.25) is 4.72 Å². The molecule has 2 aromatic carbocycles. The van der Waals surface area contributed by atoms with Crippen LogP contribution in [0.3, 0.4) is 0 Å². The van der Waals surface area contributed by atoms with E-state index in [0.717, 1.165) is 5.56 Å². The molecule has 0 aliphatic rings. The Bertz CT molecular complexity index is 1020. The number of hydrogen-bond acceptors (Lipinski definition) is 2. The number of nitrogens with one attached hydrogen (secondary N) is 1. The van der Waals surface area contributed by atoms with Gasteiger partial charge in [0.25, 0.3) is 10.0 Å². The first kappa shape index (κ1) is 24.1. The van der Waals surface area contributed by atoms with Crippen LogP contribution in [0.2, 0.25) is 0 Å². The van der Waals surface area contributed by atoms with Gasteiger partial charge in [0, 0.05) is 0 Å². The van der Waals surface area contributed by atoms with Gasteiger partial charge < -0.3 is 0 Å². The topological polar surface area (TPSA) is 46.2 Å². The van der Waals surface area contributed by atoms with Crippen LogP contribution in [-0.4, -0.2) is 8.42 Å². The molecular weight excluding hydrogens is 425 g/mol. The van der Waals surface area contributed by atoms with Gasteiger partial charge in [-0.05, 0) is 34.4 Å². The molecule has 0 aliphatic carbocycles. The molecule has 0 radical (unpaired) electrons. The van der Waals surface area contributed by atoms with E-state index in [9.17, 15) is 30.4 Å². The fourth-order valence-electron chi connectivity index (χ4n) is 3.08. The molecule has 0 saturated carbocycles. The maximum Gasteiger partial charge on any atom is 0.262 e. The standard InChI is InChI=1S/C21H24F5NO2S/c1-9(2)12-7-13(10(3)4)21(14(8-12)11(5)6)30(28,29)27-20-18(25)16(23)15(22)17(24)19(20)26/h7-11,27H,1-6H3. The highest BCUT2D eigenvalue weighted by Gasteiger charge is 2.32. The Hall–Kier alpha value is -2.16. The Labute approximate surface area is 173 Å². The largest absolute Gasteiger partial charge is 0.274 e. The molecule has 2 aromatic rings. The van der Waals surface area contributed by atoms with E-state index in [-0.39, 0.29) is 22.6 Å². The Balaban J connectivity index is 2.81. The van der Waals surface area contributed by atoms with Crippen molar-refractivity contribution in [2.75, 3.05) is 4.72 Å². The van der Waals surface area contributed by atoms with E-state index < -0.39 is 44.8 Å². The molecule has 0 heterocycles. The molecule has 1 N–H and O–H groups in total. The molecule has 0 saturated heterocycles. The van der Waals surface area contributed by atoms with Crippen LogP contribution in [0.15, 0.2) is 17.0 Å². The van der Waals surface area contributed by atoms with Gasteiger partial charge in [0.05, 0.1) is 4.90 Å². The summed E-state index contributed by atoms with van der Waals surface area (Å²) in [5.74, 6) is -11.8. The summed E-state index contributed by atoms with van der Waals surface area (Å²) in [6.07, 6.45) is 0. The van der Waals surface area contributed by atoms with E-state index in [4.69, 9.17) is 0 Å². The monoisotopic (exact) mass is 449 g/mol. The molecule has 166 valence electrons. The van der Waals surface area contributed by atoms with Crippen LogP contribution >= 0.6 is 0 Å². The van der Waals surface area contributed by atoms with E-state index in [1.54, 1.807) is 44.5 Å². The predicted molar refractivity (Wildman–Crippen MR) is 106 cm³/mol. The van der Waals surface area contributed by atoms with Crippen molar-refractivity contribution in [3.8, 4) is 0 Å². The van der Waals surface area contributed by atoms with Gasteiger partial charge in [-0.25, -0.2) is 30.4 Å². The van der Waals surface area contributed by atoms with E-state index >= 15 is 0 Å². The van der Waals surface area contributed by atoms with Gasteiger partial charge in [-0.2, -0.15) is 0 Å². The third-order valence-electron chi connectivity index (χ3n) is 4.79. The fraction of sp³-hybridized carbons (Fsp3) is 0.429. The van der Waals surface area contributed by atoms with E-state index in [0.29, 0.717) is 11.1 Å². The van der Waals surface area contributed by atoms with Gasteiger partial charge in [0.1, 0.15) is 5.69 Å². The Kier molecular flexibility index (Phi) is 6.85. The van der Waals surface area contributed by atoms with Crippen LogP contribution < -0.4 is 4.72 Å². The SMILES string of the molecule is CC(C)c1cc(C(C)C)c(S(=O)(=O)Nc2c(F)c(F)c(F)c(F)c2F)c(C(C)C)c1. The smallest absolute Gasteiger partial charge is 0.262 e.